The Hall–Kier alpha value is -1.36. The Morgan fingerprint density at radius 3 is 2.95 bits per heavy atom. The first-order valence-electron chi connectivity index (χ1n) is 6.90. The minimum atomic E-state index is -0.256. The normalized spacial score (nSPS) is 19.6. The molecule has 1 aliphatic heterocycles. The molecule has 19 heavy (non-hydrogen) atoms. The summed E-state index contributed by atoms with van der Waals surface area (Å²) in [5.74, 6) is 0.872. The van der Waals surface area contributed by atoms with Crippen molar-refractivity contribution in [3.8, 4) is 5.88 Å². The molecule has 1 aromatic heterocycles. The van der Waals surface area contributed by atoms with Crippen molar-refractivity contribution in [2.45, 2.75) is 39.2 Å². The maximum Gasteiger partial charge on any atom is 0.313 e. The summed E-state index contributed by atoms with van der Waals surface area (Å²) >= 11 is 0. The highest BCUT2D eigenvalue weighted by molar-refractivity contribution is 5.06. The van der Waals surface area contributed by atoms with E-state index >= 15 is 0 Å². The van der Waals surface area contributed by atoms with Crippen LogP contribution in [-0.4, -0.2) is 29.2 Å². The first-order chi connectivity index (χ1) is 8.98. The van der Waals surface area contributed by atoms with Crippen LogP contribution >= 0.6 is 0 Å². The van der Waals surface area contributed by atoms with Crippen LogP contribution in [0.15, 0.2) is 17.2 Å². The highest BCUT2D eigenvalue weighted by Gasteiger charge is 2.18. The van der Waals surface area contributed by atoms with E-state index in [0.29, 0.717) is 12.5 Å². The molecule has 0 aromatic carbocycles. The molecule has 2 heterocycles. The molecule has 0 bridgehead atoms. The topological polar surface area (TPSA) is 56.1 Å². The Labute approximate surface area is 114 Å². The Kier molecular flexibility index (Phi) is 4.24. The minimum Gasteiger partial charge on any atom is -0.474 e. The summed E-state index contributed by atoms with van der Waals surface area (Å²) in [6.07, 6.45) is 5.49. The largest absolute Gasteiger partial charge is 0.474 e. The average molecular weight is 265 g/mol. The third kappa shape index (κ3) is 3.56. The van der Waals surface area contributed by atoms with Gasteiger partial charge in [-0.15, -0.1) is 0 Å². The second-order valence-corrected chi connectivity index (χ2v) is 6.07. The van der Waals surface area contributed by atoms with Crippen LogP contribution in [0.2, 0.25) is 0 Å². The Morgan fingerprint density at radius 2 is 2.32 bits per heavy atom. The quantitative estimate of drug-likeness (QED) is 0.893. The molecular weight excluding hydrogens is 242 g/mol. The van der Waals surface area contributed by atoms with Gasteiger partial charge in [0.15, 0.2) is 0 Å². The monoisotopic (exact) mass is 265 g/mol. The summed E-state index contributed by atoms with van der Waals surface area (Å²) < 4.78 is 7.22. The molecule has 1 unspecified atom stereocenters. The lowest BCUT2D eigenvalue weighted by Crippen LogP contribution is -2.34. The lowest BCUT2D eigenvalue weighted by molar-refractivity contribution is 0.262. The second kappa shape index (κ2) is 5.74. The highest BCUT2D eigenvalue weighted by Crippen LogP contribution is 2.14. The van der Waals surface area contributed by atoms with Crippen molar-refractivity contribution in [1.82, 2.24) is 14.9 Å². The molecule has 0 spiro atoms. The molecule has 0 saturated carbocycles. The third-order valence-electron chi connectivity index (χ3n) is 3.46. The van der Waals surface area contributed by atoms with E-state index in [1.807, 2.05) is 20.8 Å². The molecule has 1 aliphatic rings. The van der Waals surface area contributed by atoms with E-state index in [0.717, 1.165) is 19.5 Å². The van der Waals surface area contributed by atoms with Crippen molar-refractivity contribution in [2.24, 2.45) is 5.92 Å². The number of aromatic nitrogens is 2. The maximum atomic E-state index is 12.2. The number of nitrogens with zero attached hydrogens (tertiary/aromatic N) is 2. The summed E-state index contributed by atoms with van der Waals surface area (Å²) in [6, 6.07) is 0. The standard InChI is InChI=1S/C14H23N3O2/c1-14(2,3)17-8-7-16-12(13(17)18)19-9-5-11-4-6-15-10-11/h7-8,11,15H,4-6,9-10H2,1-3H3. The number of hydrogen-bond donors (Lipinski definition) is 1. The number of ether oxygens (including phenoxy) is 1. The number of nitrogens with one attached hydrogen (secondary N) is 1. The third-order valence-corrected chi connectivity index (χ3v) is 3.46. The zero-order valence-corrected chi connectivity index (χ0v) is 12.0. The summed E-state index contributed by atoms with van der Waals surface area (Å²) in [6.45, 7) is 8.67. The summed E-state index contributed by atoms with van der Waals surface area (Å²) in [7, 11) is 0. The van der Waals surface area contributed by atoms with Gasteiger partial charge >= 0.3 is 5.56 Å². The van der Waals surface area contributed by atoms with Crippen molar-refractivity contribution < 1.29 is 4.74 Å². The van der Waals surface area contributed by atoms with Gasteiger partial charge in [0, 0.05) is 17.9 Å². The molecular formula is C14H23N3O2. The first kappa shape index (κ1) is 14.1. The van der Waals surface area contributed by atoms with Gasteiger partial charge in [0.05, 0.1) is 6.61 Å². The van der Waals surface area contributed by atoms with Crippen LogP contribution in [0.4, 0.5) is 0 Å². The van der Waals surface area contributed by atoms with Gasteiger partial charge in [-0.1, -0.05) is 0 Å². The van der Waals surface area contributed by atoms with Gasteiger partial charge in [-0.2, -0.15) is 0 Å². The van der Waals surface area contributed by atoms with Crippen molar-refractivity contribution in [3.63, 3.8) is 0 Å². The lowest BCUT2D eigenvalue weighted by atomic mass is 10.1. The van der Waals surface area contributed by atoms with Gasteiger partial charge in [0.25, 0.3) is 5.88 Å². The fourth-order valence-corrected chi connectivity index (χ4v) is 2.30. The highest BCUT2D eigenvalue weighted by atomic mass is 16.5. The molecule has 0 radical (unpaired) electrons. The van der Waals surface area contributed by atoms with Crippen molar-refractivity contribution in [2.75, 3.05) is 19.7 Å². The van der Waals surface area contributed by atoms with Crippen molar-refractivity contribution in [1.29, 1.82) is 0 Å². The van der Waals surface area contributed by atoms with E-state index in [2.05, 4.69) is 10.3 Å². The second-order valence-electron chi connectivity index (χ2n) is 6.07. The molecule has 5 nitrogen and oxygen atoms in total. The van der Waals surface area contributed by atoms with Gasteiger partial charge in [-0.3, -0.25) is 4.79 Å². The average Bonchev–Trinajstić information content (AvgIpc) is 2.83. The van der Waals surface area contributed by atoms with Crippen LogP contribution in [0.25, 0.3) is 0 Å². The van der Waals surface area contributed by atoms with E-state index in [4.69, 9.17) is 4.74 Å². The first-order valence-corrected chi connectivity index (χ1v) is 6.90. The van der Waals surface area contributed by atoms with Crippen LogP contribution in [-0.2, 0) is 5.54 Å². The molecule has 1 atom stereocenters. The van der Waals surface area contributed by atoms with Crippen LogP contribution in [0, 0.1) is 5.92 Å². The molecule has 0 aliphatic carbocycles. The maximum absolute atomic E-state index is 12.2. The Balaban J connectivity index is 1.98. The van der Waals surface area contributed by atoms with E-state index in [9.17, 15) is 4.79 Å². The lowest BCUT2D eigenvalue weighted by Gasteiger charge is -2.22. The van der Waals surface area contributed by atoms with E-state index in [1.54, 1.807) is 17.0 Å². The van der Waals surface area contributed by atoms with Crippen molar-refractivity contribution >= 4 is 0 Å². The summed E-state index contributed by atoms with van der Waals surface area (Å²) in [5, 5.41) is 3.32. The number of hydrogen-bond acceptors (Lipinski definition) is 4. The van der Waals surface area contributed by atoms with Gasteiger partial charge in [0.1, 0.15) is 0 Å². The molecule has 2 rings (SSSR count). The fourth-order valence-electron chi connectivity index (χ4n) is 2.30. The zero-order chi connectivity index (χ0) is 13.9. The van der Waals surface area contributed by atoms with E-state index in [1.165, 1.54) is 6.42 Å². The minimum absolute atomic E-state index is 0.153. The van der Waals surface area contributed by atoms with E-state index in [-0.39, 0.29) is 17.0 Å². The van der Waals surface area contributed by atoms with Crippen LogP contribution in [0.3, 0.4) is 0 Å². The van der Waals surface area contributed by atoms with Gasteiger partial charge < -0.3 is 14.6 Å². The smallest absolute Gasteiger partial charge is 0.313 e. The molecule has 1 aromatic rings. The van der Waals surface area contributed by atoms with Crippen molar-refractivity contribution in [3.05, 3.63) is 22.7 Å². The fraction of sp³-hybridized carbons (Fsp3) is 0.714. The SMILES string of the molecule is CC(C)(C)n1ccnc(OCCC2CCNC2)c1=O. The Morgan fingerprint density at radius 1 is 1.53 bits per heavy atom. The van der Waals surface area contributed by atoms with Gasteiger partial charge in [-0.05, 0) is 52.6 Å². The molecule has 5 heteroatoms. The molecule has 106 valence electrons. The van der Waals surface area contributed by atoms with Crippen LogP contribution in [0.5, 0.6) is 5.88 Å². The van der Waals surface area contributed by atoms with Gasteiger partial charge in [0.2, 0.25) is 0 Å². The molecule has 1 N–H and O–H groups in total. The summed E-state index contributed by atoms with van der Waals surface area (Å²) in [4.78, 5) is 16.3. The summed E-state index contributed by atoms with van der Waals surface area (Å²) in [5.41, 5.74) is -0.410. The van der Waals surface area contributed by atoms with Gasteiger partial charge in [-0.25, -0.2) is 4.98 Å². The molecule has 1 saturated heterocycles. The zero-order valence-electron chi connectivity index (χ0n) is 12.0. The van der Waals surface area contributed by atoms with Crippen LogP contribution in [0.1, 0.15) is 33.6 Å². The van der Waals surface area contributed by atoms with Crippen LogP contribution < -0.4 is 15.6 Å². The molecule has 1 fully saturated rings. The predicted molar refractivity (Wildman–Crippen MR) is 74.6 cm³/mol. The molecule has 0 amide bonds. The van der Waals surface area contributed by atoms with E-state index < -0.39 is 0 Å². The predicted octanol–water partition coefficient (Wildman–Crippen LogP) is 1.38. The Bertz CT molecular complexity index is 470. The number of rotatable bonds is 4.